The molecule has 0 bridgehead atoms. The average molecular weight is 723 g/mol. The first-order chi connectivity index (χ1) is 24.7. The van der Waals surface area contributed by atoms with E-state index in [0.29, 0.717) is 19.3 Å². The Bertz CT molecular complexity index is 779. The minimum absolute atomic E-state index is 0.0660. The van der Waals surface area contributed by atoms with E-state index in [-0.39, 0.29) is 31.1 Å². The quantitative estimate of drug-likeness (QED) is 0.0357. The largest absolute Gasteiger partial charge is 0.462 e. The maximum absolute atomic E-state index is 12.7. The van der Waals surface area contributed by atoms with Crippen molar-refractivity contribution in [1.29, 1.82) is 0 Å². The van der Waals surface area contributed by atoms with Crippen molar-refractivity contribution in [2.75, 3.05) is 13.2 Å². The van der Waals surface area contributed by atoms with Gasteiger partial charge in [-0.1, -0.05) is 202 Å². The lowest BCUT2D eigenvalue weighted by Crippen LogP contribution is -2.30. The van der Waals surface area contributed by atoms with Crippen molar-refractivity contribution < 1.29 is 28.6 Å². The lowest BCUT2D eigenvalue weighted by Gasteiger charge is -2.18. The molecule has 0 aromatic carbocycles. The second-order valence-electron chi connectivity index (χ2n) is 16.3. The number of carbonyl (C=O) groups is 3. The summed E-state index contributed by atoms with van der Waals surface area (Å²) in [6.07, 6.45) is 35.4. The number of esters is 3. The van der Waals surface area contributed by atoms with Gasteiger partial charge in [0.1, 0.15) is 13.2 Å². The molecule has 0 saturated heterocycles. The predicted molar refractivity (Wildman–Crippen MR) is 215 cm³/mol. The number of unbranched alkanes of at least 4 members (excludes halogenated alkanes) is 24. The second-order valence-corrected chi connectivity index (χ2v) is 16.3. The zero-order valence-electron chi connectivity index (χ0n) is 34.7. The van der Waals surface area contributed by atoms with Crippen LogP contribution in [0, 0.1) is 11.8 Å². The lowest BCUT2D eigenvalue weighted by molar-refractivity contribution is -0.167. The molecule has 0 heterocycles. The summed E-state index contributed by atoms with van der Waals surface area (Å²) in [5.41, 5.74) is 0. The summed E-state index contributed by atoms with van der Waals surface area (Å²) < 4.78 is 16.6. The van der Waals surface area contributed by atoms with Crippen LogP contribution in [0.5, 0.6) is 0 Å². The Labute approximate surface area is 317 Å². The first kappa shape index (κ1) is 49.4. The molecule has 6 heteroatoms. The Morgan fingerprint density at radius 3 is 0.961 bits per heavy atom. The smallest absolute Gasteiger partial charge is 0.306 e. The molecule has 0 amide bonds. The van der Waals surface area contributed by atoms with Crippen molar-refractivity contribution in [3.05, 3.63) is 0 Å². The first-order valence-corrected chi connectivity index (χ1v) is 22.2. The van der Waals surface area contributed by atoms with Crippen LogP contribution in [0.3, 0.4) is 0 Å². The molecular weight excluding hydrogens is 636 g/mol. The van der Waals surface area contributed by atoms with E-state index in [1.807, 2.05) is 0 Å². The first-order valence-electron chi connectivity index (χ1n) is 22.2. The number of rotatable bonds is 39. The van der Waals surface area contributed by atoms with Gasteiger partial charge in [0.2, 0.25) is 0 Å². The van der Waals surface area contributed by atoms with Gasteiger partial charge in [0.05, 0.1) is 0 Å². The molecule has 0 aliphatic heterocycles. The van der Waals surface area contributed by atoms with Crippen LogP contribution in [-0.4, -0.2) is 37.2 Å². The van der Waals surface area contributed by atoms with Crippen molar-refractivity contribution in [2.45, 2.75) is 246 Å². The Morgan fingerprint density at radius 2 is 0.647 bits per heavy atom. The van der Waals surface area contributed by atoms with Crippen molar-refractivity contribution in [2.24, 2.45) is 11.8 Å². The number of hydrogen-bond acceptors (Lipinski definition) is 6. The molecule has 51 heavy (non-hydrogen) atoms. The molecule has 0 aliphatic carbocycles. The summed E-state index contributed by atoms with van der Waals surface area (Å²) >= 11 is 0. The molecule has 6 nitrogen and oxygen atoms in total. The van der Waals surface area contributed by atoms with E-state index in [4.69, 9.17) is 14.2 Å². The molecule has 0 aliphatic rings. The lowest BCUT2D eigenvalue weighted by atomic mass is 10.0. The highest BCUT2D eigenvalue weighted by molar-refractivity contribution is 5.71. The van der Waals surface area contributed by atoms with Crippen LogP contribution in [0.4, 0.5) is 0 Å². The molecular formula is C45H86O6. The maximum atomic E-state index is 12.7. The number of carbonyl (C=O) groups excluding carboxylic acids is 3. The Morgan fingerprint density at radius 1 is 0.373 bits per heavy atom. The highest BCUT2D eigenvalue weighted by atomic mass is 16.6. The van der Waals surface area contributed by atoms with Crippen LogP contribution in [0.15, 0.2) is 0 Å². The van der Waals surface area contributed by atoms with Crippen molar-refractivity contribution in [3.8, 4) is 0 Å². The summed E-state index contributed by atoms with van der Waals surface area (Å²) in [7, 11) is 0. The van der Waals surface area contributed by atoms with Gasteiger partial charge in [-0.05, 0) is 31.1 Å². The zero-order valence-corrected chi connectivity index (χ0v) is 34.7. The Balaban J connectivity index is 4.20. The molecule has 302 valence electrons. The van der Waals surface area contributed by atoms with Gasteiger partial charge in [0, 0.05) is 19.3 Å². The molecule has 0 aromatic heterocycles. The number of ether oxygens (including phenoxy) is 3. The normalized spacial score (nSPS) is 12.1. The van der Waals surface area contributed by atoms with E-state index >= 15 is 0 Å². The molecule has 0 unspecified atom stereocenters. The molecule has 0 fully saturated rings. The van der Waals surface area contributed by atoms with Gasteiger partial charge in [0.25, 0.3) is 0 Å². The van der Waals surface area contributed by atoms with Crippen LogP contribution in [0.25, 0.3) is 0 Å². The summed E-state index contributed by atoms with van der Waals surface area (Å²) in [6.45, 7) is 11.2. The summed E-state index contributed by atoms with van der Waals surface area (Å²) in [6, 6.07) is 0. The topological polar surface area (TPSA) is 78.9 Å². The van der Waals surface area contributed by atoms with Crippen LogP contribution in [0.2, 0.25) is 0 Å². The minimum Gasteiger partial charge on any atom is -0.462 e. The van der Waals surface area contributed by atoms with Gasteiger partial charge in [-0.2, -0.15) is 0 Å². The Hall–Kier alpha value is -1.59. The fourth-order valence-corrected chi connectivity index (χ4v) is 6.58. The van der Waals surface area contributed by atoms with Gasteiger partial charge in [-0.15, -0.1) is 0 Å². The highest BCUT2D eigenvalue weighted by Crippen LogP contribution is 2.16. The van der Waals surface area contributed by atoms with E-state index in [1.54, 1.807) is 0 Å². The predicted octanol–water partition coefficient (Wildman–Crippen LogP) is 13.8. The molecule has 0 spiro atoms. The van der Waals surface area contributed by atoms with E-state index < -0.39 is 6.10 Å². The maximum Gasteiger partial charge on any atom is 0.306 e. The van der Waals surface area contributed by atoms with E-state index in [0.717, 1.165) is 76.0 Å². The number of hydrogen-bond donors (Lipinski definition) is 0. The van der Waals surface area contributed by atoms with E-state index in [1.165, 1.54) is 122 Å². The van der Waals surface area contributed by atoms with Crippen LogP contribution < -0.4 is 0 Å². The molecule has 0 rings (SSSR count). The van der Waals surface area contributed by atoms with Gasteiger partial charge in [0.15, 0.2) is 6.10 Å². The van der Waals surface area contributed by atoms with Crippen LogP contribution >= 0.6 is 0 Å². The highest BCUT2D eigenvalue weighted by Gasteiger charge is 2.19. The molecule has 0 radical (unpaired) electrons. The third-order valence-electron chi connectivity index (χ3n) is 9.97. The summed E-state index contributed by atoms with van der Waals surface area (Å²) in [4.78, 5) is 37.4. The molecule has 1 atom stereocenters. The monoisotopic (exact) mass is 723 g/mol. The summed E-state index contributed by atoms with van der Waals surface area (Å²) in [5, 5.41) is 0. The van der Waals surface area contributed by atoms with Crippen molar-refractivity contribution in [1.82, 2.24) is 0 Å². The average Bonchev–Trinajstić information content (AvgIpc) is 3.09. The third-order valence-corrected chi connectivity index (χ3v) is 9.97. The molecule has 0 N–H and O–H groups in total. The minimum atomic E-state index is -0.758. The van der Waals surface area contributed by atoms with Gasteiger partial charge >= 0.3 is 17.9 Å². The zero-order chi connectivity index (χ0) is 37.6. The Kier molecular flexibility index (Phi) is 37.0. The van der Waals surface area contributed by atoms with E-state index in [2.05, 4.69) is 34.6 Å². The van der Waals surface area contributed by atoms with Gasteiger partial charge in [-0.3, -0.25) is 14.4 Å². The summed E-state index contributed by atoms with van der Waals surface area (Å²) in [5.74, 6) is 0.778. The van der Waals surface area contributed by atoms with Crippen molar-refractivity contribution >= 4 is 17.9 Å². The third kappa shape index (κ3) is 39.5. The molecule has 0 saturated carbocycles. The van der Waals surface area contributed by atoms with Crippen molar-refractivity contribution in [3.63, 3.8) is 0 Å². The van der Waals surface area contributed by atoms with Gasteiger partial charge < -0.3 is 14.2 Å². The fraction of sp³-hybridized carbons (Fsp3) is 0.933. The standard InChI is InChI=1S/C45H86O6/c1-6-7-8-23-30-35-43(46)49-38-42(39-50-44(47)36-31-26-21-17-14-13-16-20-25-29-34-41(4)5)51-45(48)37-32-27-22-18-12-10-9-11-15-19-24-28-33-40(2)3/h40-42H,6-39H2,1-5H3/t42-/m1/s1. The van der Waals surface area contributed by atoms with Crippen LogP contribution in [0.1, 0.15) is 240 Å². The SMILES string of the molecule is CCCCCCCC(=O)OC[C@H](COC(=O)CCCCCCCCCCCCC(C)C)OC(=O)CCCCCCCCCCCCCCC(C)C. The second kappa shape index (κ2) is 38.1. The van der Waals surface area contributed by atoms with Gasteiger partial charge in [-0.25, -0.2) is 0 Å². The van der Waals surface area contributed by atoms with Crippen LogP contribution in [-0.2, 0) is 28.6 Å². The van der Waals surface area contributed by atoms with E-state index in [9.17, 15) is 14.4 Å². The molecule has 0 aromatic rings. The fourth-order valence-electron chi connectivity index (χ4n) is 6.58.